The summed E-state index contributed by atoms with van der Waals surface area (Å²) in [6, 6.07) is 34.2. The van der Waals surface area contributed by atoms with Gasteiger partial charge >= 0.3 is 0 Å². The molecule has 8 heteroatoms. The van der Waals surface area contributed by atoms with Gasteiger partial charge in [0.25, 0.3) is 0 Å². The second kappa shape index (κ2) is 29.6. The lowest BCUT2D eigenvalue weighted by atomic mass is 10.0. The normalized spacial score (nSPS) is 11.9. The van der Waals surface area contributed by atoms with Crippen LogP contribution in [0.1, 0.15) is 165 Å². The first-order valence-electron chi connectivity index (χ1n) is 24.4. The topological polar surface area (TPSA) is 115 Å². The molecule has 5 aromatic rings. The molecule has 5 rings (SSSR count). The average Bonchev–Trinajstić information content (AvgIpc) is 3.32. The van der Waals surface area contributed by atoms with E-state index in [0.29, 0.717) is 33.9 Å². The number of nitrogens with zero attached hydrogens (tertiary/aromatic N) is 6. The van der Waals surface area contributed by atoms with Crippen LogP contribution in [-0.4, -0.2) is 22.6 Å². The van der Waals surface area contributed by atoms with E-state index >= 15 is 0 Å². The Morgan fingerprint density at radius 3 is 1.03 bits per heavy atom. The molecular weight excluding hydrogens is 789 g/mol. The van der Waals surface area contributed by atoms with Gasteiger partial charge in [-0.3, -0.25) is 9.98 Å². The molecule has 0 amide bonds. The highest BCUT2D eigenvalue weighted by Crippen LogP contribution is 2.31. The van der Waals surface area contributed by atoms with Crippen LogP contribution in [0.3, 0.4) is 0 Å². The number of benzene rings is 5. The van der Waals surface area contributed by atoms with Crippen molar-refractivity contribution in [2.45, 2.75) is 155 Å². The number of aryl methyl sites for hydroxylation is 2. The lowest BCUT2D eigenvalue weighted by Gasteiger charge is -2.04. The minimum atomic E-state index is 0.0798. The lowest BCUT2D eigenvalue weighted by molar-refractivity contribution is 0.474. The van der Waals surface area contributed by atoms with Gasteiger partial charge < -0.3 is 10.2 Å². The third kappa shape index (κ3) is 18.9. The summed E-state index contributed by atoms with van der Waals surface area (Å²) < 4.78 is 0. The van der Waals surface area contributed by atoms with Gasteiger partial charge in [0.05, 0.1) is 34.1 Å². The summed E-state index contributed by atoms with van der Waals surface area (Å²) in [6.07, 6.45) is 32.1. The molecule has 0 saturated heterocycles. The Morgan fingerprint density at radius 1 is 0.359 bits per heavy atom. The zero-order chi connectivity index (χ0) is 44.9. The molecule has 2 N–H and O–H groups in total. The third-order valence-corrected chi connectivity index (χ3v) is 11.7. The van der Waals surface area contributed by atoms with E-state index in [1.165, 1.54) is 140 Å². The number of phenols is 2. The van der Waals surface area contributed by atoms with Crippen LogP contribution in [0.4, 0.5) is 34.1 Å². The van der Waals surface area contributed by atoms with Gasteiger partial charge in [-0.2, -0.15) is 20.5 Å². The van der Waals surface area contributed by atoms with E-state index in [1.54, 1.807) is 48.8 Å². The van der Waals surface area contributed by atoms with E-state index in [0.717, 1.165) is 24.2 Å². The maximum Gasteiger partial charge on any atom is 0.124 e. The summed E-state index contributed by atoms with van der Waals surface area (Å²) in [5, 5.41) is 39.1. The highest BCUT2D eigenvalue weighted by atomic mass is 16.3. The van der Waals surface area contributed by atoms with Crippen molar-refractivity contribution in [1.82, 2.24) is 0 Å². The summed E-state index contributed by atoms with van der Waals surface area (Å²) >= 11 is 0. The molecule has 0 radical (unpaired) electrons. The van der Waals surface area contributed by atoms with Crippen molar-refractivity contribution < 1.29 is 10.2 Å². The SMILES string of the molecule is CCCCCCCCCCCCc1ccc(N=Nc2ccc(O)c(C=Nc3ccccc3N=Cc3cc(N=Nc4ccc(CCCCCCCCCCCC)cc4)ccc3O)c2)cc1. The highest BCUT2D eigenvalue weighted by molar-refractivity contribution is 5.90. The van der Waals surface area contributed by atoms with Crippen LogP contribution in [0.5, 0.6) is 11.5 Å². The van der Waals surface area contributed by atoms with Crippen molar-refractivity contribution >= 4 is 46.6 Å². The second-order valence-electron chi connectivity index (χ2n) is 17.1. The lowest BCUT2D eigenvalue weighted by Crippen LogP contribution is -1.86. The van der Waals surface area contributed by atoms with Crippen LogP contribution in [0.25, 0.3) is 0 Å². The summed E-state index contributed by atoms with van der Waals surface area (Å²) in [5.74, 6) is 0.160. The third-order valence-electron chi connectivity index (χ3n) is 11.7. The monoisotopic (exact) mass is 861 g/mol. The van der Waals surface area contributed by atoms with Crippen molar-refractivity contribution in [2.24, 2.45) is 30.4 Å². The van der Waals surface area contributed by atoms with Gasteiger partial charge in [-0.05, 0) is 110 Å². The predicted octanol–water partition coefficient (Wildman–Crippen LogP) is 18.4. The van der Waals surface area contributed by atoms with Crippen molar-refractivity contribution in [3.8, 4) is 11.5 Å². The maximum absolute atomic E-state index is 10.7. The first kappa shape index (κ1) is 49.3. The highest BCUT2D eigenvalue weighted by Gasteiger charge is 2.06. The van der Waals surface area contributed by atoms with Gasteiger partial charge in [0.1, 0.15) is 11.5 Å². The van der Waals surface area contributed by atoms with E-state index in [4.69, 9.17) is 0 Å². The van der Waals surface area contributed by atoms with Gasteiger partial charge in [-0.1, -0.05) is 166 Å². The maximum atomic E-state index is 10.7. The summed E-state index contributed by atoms with van der Waals surface area (Å²) in [6.45, 7) is 4.54. The Balaban J connectivity index is 1.09. The Hall–Kier alpha value is -5.76. The fraction of sp³-hybridized carbons (Fsp3) is 0.429. The van der Waals surface area contributed by atoms with Gasteiger partial charge in [0, 0.05) is 23.6 Å². The Morgan fingerprint density at radius 2 is 0.672 bits per heavy atom. The number of hydrogen-bond acceptors (Lipinski definition) is 8. The fourth-order valence-electron chi connectivity index (χ4n) is 7.70. The largest absolute Gasteiger partial charge is 0.507 e. The number of unbranched alkanes of at least 4 members (excludes halogenated alkanes) is 18. The summed E-state index contributed by atoms with van der Waals surface area (Å²) in [7, 11) is 0. The number of para-hydroxylation sites is 2. The van der Waals surface area contributed by atoms with Crippen molar-refractivity contribution in [2.75, 3.05) is 0 Å². The molecule has 64 heavy (non-hydrogen) atoms. The molecular formula is C56H72N6O2. The molecule has 0 spiro atoms. The molecule has 0 saturated carbocycles. The standard InChI is InChI=1S/C56H72N6O2/c1-3-5-7-9-11-13-15-17-19-21-25-45-29-33-49(34-30-45)59-61-51-37-39-55(63)47(41-51)43-57-53-27-23-24-28-54(53)58-44-48-42-52(38-40-56(48)64)62-60-50-35-31-46(32-36-50)26-22-20-18-16-14-12-10-8-6-4-2/h23-24,27-44,63-64H,3-22,25-26H2,1-2H3. The zero-order valence-electron chi connectivity index (χ0n) is 38.7. The number of azo groups is 2. The Kier molecular flexibility index (Phi) is 22.8. The minimum Gasteiger partial charge on any atom is -0.507 e. The van der Waals surface area contributed by atoms with Crippen molar-refractivity contribution in [1.29, 1.82) is 0 Å². The van der Waals surface area contributed by atoms with E-state index in [-0.39, 0.29) is 11.5 Å². The van der Waals surface area contributed by atoms with Crippen LogP contribution in [0.2, 0.25) is 0 Å². The molecule has 8 nitrogen and oxygen atoms in total. The van der Waals surface area contributed by atoms with Crippen LogP contribution < -0.4 is 0 Å². The Labute approximate surface area is 383 Å². The van der Waals surface area contributed by atoms with Crippen LogP contribution in [-0.2, 0) is 12.8 Å². The zero-order valence-corrected chi connectivity index (χ0v) is 38.7. The number of aliphatic imine (C=N–C) groups is 2. The number of aromatic hydroxyl groups is 2. The van der Waals surface area contributed by atoms with Crippen molar-refractivity contribution in [3.05, 3.63) is 131 Å². The summed E-state index contributed by atoms with van der Waals surface area (Å²) in [4.78, 5) is 9.32. The number of phenolic OH excluding ortho intramolecular Hbond substituents is 2. The van der Waals surface area contributed by atoms with Gasteiger partial charge in [-0.25, -0.2) is 0 Å². The van der Waals surface area contributed by atoms with Crippen LogP contribution >= 0.6 is 0 Å². The first-order chi connectivity index (χ1) is 31.5. The van der Waals surface area contributed by atoms with E-state index in [1.807, 2.05) is 48.5 Å². The second-order valence-corrected chi connectivity index (χ2v) is 17.1. The van der Waals surface area contributed by atoms with Gasteiger partial charge in [0.2, 0.25) is 0 Å². The molecule has 0 fully saturated rings. The average molecular weight is 861 g/mol. The Bertz CT molecular complexity index is 2040. The summed E-state index contributed by atoms with van der Waals surface area (Å²) in [5.41, 5.74) is 7.59. The molecule has 0 aliphatic heterocycles. The number of rotatable bonds is 30. The molecule has 338 valence electrons. The van der Waals surface area contributed by atoms with E-state index in [2.05, 4.69) is 68.6 Å². The molecule has 0 aromatic heterocycles. The fourth-order valence-corrected chi connectivity index (χ4v) is 7.70. The van der Waals surface area contributed by atoms with Gasteiger partial charge in [0.15, 0.2) is 0 Å². The molecule has 0 heterocycles. The van der Waals surface area contributed by atoms with Crippen molar-refractivity contribution in [3.63, 3.8) is 0 Å². The first-order valence-corrected chi connectivity index (χ1v) is 24.4. The van der Waals surface area contributed by atoms with Gasteiger partial charge in [-0.15, -0.1) is 0 Å². The predicted molar refractivity (Wildman–Crippen MR) is 269 cm³/mol. The molecule has 0 aliphatic carbocycles. The van der Waals surface area contributed by atoms with E-state index in [9.17, 15) is 10.2 Å². The molecule has 0 bridgehead atoms. The smallest absolute Gasteiger partial charge is 0.124 e. The molecule has 0 atom stereocenters. The molecule has 0 aliphatic rings. The minimum absolute atomic E-state index is 0.0798. The molecule has 0 unspecified atom stereocenters. The quantitative estimate of drug-likeness (QED) is 0.0272. The van der Waals surface area contributed by atoms with E-state index < -0.39 is 0 Å². The van der Waals surface area contributed by atoms with Crippen LogP contribution in [0.15, 0.2) is 140 Å². The number of hydrogen-bond donors (Lipinski definition) is 2. The van der Waals surface area contributed by atoms with Crippen LogP contribution in [0, 0.1) is 0 Å². The molecule has 5 aromatic carbocycles.